The number of amides is 2. The summed E-state index contributed by atoms with van der Waals surface area (Å²) in [4.78, 5) is 30.3. The molecule has 1 aromatic heterocycles. The number of carbonyl (C=O) groups is 2. The Morgan fingerprint density at radius 3 is 2.78 bits per heavy atom. The highest BCUT2D eigenvalue weighted by atomic mass is 32.2. The van der Waals surface area contributed by atoms with Crippen LogP contribution in [-0.2, 0) is 38.3 Å². The maximum absolute atomic E-state index is 14.7. The lowest BCUT2D eigenvalue weighted by Crippen LogP contribution is -2.49. The summed E-state index contributed by atoms with van der Waals surface area (Å²) in [7, 11) is 1.35. The third-order valence-corrected chi connectivity index (χ3v) is 13.5. The van der Waals surface area contributed by atoms with E-state index in [2.05, 4.69) is 56.4 Å². The summed E-state index contributed by atoms with van der Waals surface area (Å²) in [6, 6.07) is 12.2. The number of aromatic nitrogens is 2. The summed E-state index contributed by atoms with van der Waals surface area (Å²) >= 11 is 0. The molecule has 290 valence electrons. The first-order valence-electron chi connectivity index (χ1n) is 19.1. The molecule has 2 bridgehead atoms. The Bertz CT molecular complexity index is 2040. The fourth-order valence-electron chi connectivity index (χ4n) is 8.68. The lowest BCUT2D eigenvalue weighted by atomic mass is 9.68. The third-order valence-electron chi connectivity index (χ3n) is 11.5. The van der Waals surface area contributed by atoms with Crippen LogP contribution in [-0.4, -0.2) is 84.8 Å². The average molecular weight is 760 g/mol. The number of carbonyl (C=O) groups excluding carboxylic acids is 2. The Kier molecular flexibility index (Phi) is 11.2. The summed E-state index contributed by atoms with van der Waals surface area (Å²) in [5, 5.41) is 4.25. The van der Waals surface area contributed by atoms with Gasteiger partial charge in [0.1, 0.15) is 27.8 Å². The normalized spacial score (nSPS) is 28.8. The van der Waals surface area contributed by atoms with E-state index < -0.39 is 21.7 Å². The van der Waals surface area contributed by atoms with Crippen molar-refractivity contribution < 1.29 is 32.7 Å². The van der Waals surface area contributed by atoms with Gasteiger partial charge in [-0.05, 0) is 92.5 Å². The van der Waals surface area contributed by atoms with Crippen LogP contribution in [0.5, 0.6) is 11.6 Å². The lowest BCUT2D eigenvalue weighted by Gasteiger charge is -2.46. The van der Waals surface area contributed by atoms with Gasteiger partial charge in [-0.2, -0.15) is 0 Å². The van der Waals surface area contributed by atoms with Gasteiger partial charge in [0, 0.05) is 51.5 Å². The van der Waals surface area contributed by atoms with Crippen molar-refractivity contribution in [1.29, 1.82) is 0 Å². The highest BCUT2D eigenvalue weighted by Gasteiger charge is 2.44. The summed E-state index contributed by atoms with van der Waals surface area (Å²) in [5.74, 6) is -0.0780. The number of benzene rings is 2. The Balaban J connectivity index is 1.28. The van der Waals surface area contributed by atoms with Crippen molar-refractivity contribution >= 4 is 27.4 Å². The Hall–Kier alpha value is -4.20. The van der Waals surface area contributed by atoms with Crippen molar-refractivity contribution in [1.82, 2.24) is 14.5 Å². The van der Waals surface area contributed by atoms with Crippen LogP contribution in [0.1, 0.15) is 76.4 Å². The van der Waals surface area contributed by atoms with Crippen molar-refractivity contribution in [3.63, 3.8) is 0 Å². The molecule has 1 spiro atoms. The maximum Gasteiger partial charge on any atom is 0.286 e. The molecule has 3 aromatic rings. The minimum Gasteiger partial charge on any atom is -0.490 e. The van der Waals surface area contributed by atoms with Gasteiger partial charge in [-0.3, -0.25) is 19.0 Å². The summed E-state index contributed by atoms with van der Waals surface area (Å²) in [6.45, 7) is 6.62. The standard InChI is InChI=1S/C41H53N5O7S/c1-27-11-15-34-29(20-27)9-7-17-41(34)25-46-22-31-12-14-32(31)36(51-5)10-6-8-28(2)24-54(49,43-38(47)30-13-16-37(53-26-41)35(46)21-30)44-39(48)33-23-45(3)42-40(33)52-19-18-50-4/h6,10-11,13,15-16,20-21,23,28,31-32,36H,7-9,12,14,17-19,22,24-26H2,1-5H3,(H,43,44,47,48,49)/b10-6+/t28-,31-,32+,36-,41-,54?/m0/s1. The number of hydrogen-bond donors (Lipinski definition) is 1. The molecule has 6 atom stereocenters. The van der Waals surface area contributed by atoms with E-state index >= 15 is 0 Å². The van der Waals surface area contributed by atoms with E-state index in [9.17, 15) is 13.8 Å². The first-order valence-corrected chi connectivity index (χ1v) is 20.8. The minimum atomic E-state index is -3.62. The van der Waals surface area contributed by atoms with Gasteiger partial charge in [0.2, 0.25) is 5.88 Å². The third kappa shape index (κ3) is 7.94. The van der Waals surface area contributed by atoms with Crippen LogP contribution in [0.4, 0.5) is 5.69 Å². The first kappa shape index (κ1) is 38.1. The van der Waals surface area contributed by atoms with E-state index in [1.807, 2.05) is 19.1 Å². The zero-order chi connectivity index (χ0) is 38.0. The van der Waals surface area contributed by atoms with Crippen LogP contribution >= 0.6 is 0 Å². The van der Waals surface area contributed by atoms with Crippen LogP contribution in [0.15, 0.2) is 59.1 Å². The van der Waals surface area contributed by atoms with Crippen LogP contribution in [0.3, 0.4) is 0 Å². The van der Waals surface area contributed by atoms with Crippen molar-refractivity contribution in [3.8, 4) is 11.6 Å². The van der Waals surface area contributed by atoms with E-state index in [0.717, 1.165) is 50.9 Å². The molecule has 13 heteroatoms. The van der Waals surface area contributed by atoms with Gasteiger partial charge in [-0.1, -0.05) is 42.8 Å². The number of aryl methyl sites for hydroxylation is 3. The number of ether oxygens (including phenoxy) is 4. The van der Waals surface area contributed by atoms with Gasteiger partial charge in [0.05, 0.1) is 30.8 Å². The second-order valence-electron chi connectivity index (χ2n) is 15.6. The molecule has 1 saturated carbocycles. The molecule has 1 fully saturated rings. The van der Waals surface area contributed by atoms with Crippen LogP contribution < -0.4 is 19.1 Å². The summed E-state index contributed by atoms with van der Waals surface area (Å²) in [5.41, 5.74) is 4.97. The monoisotopic (exact) mass is 759 g/mol. The van der Waals surface area contributed by atoms with Gasteiger partial charge in [-0.15, -0.1) is 9.46 Å². The number of hydrogen-bond acceptors (Lipinski definition) is 9. The molecule has 1 N–H and O–H groups in total. The molecule has 3 heterocycles. The quantitative estimate of drug-likeness (QED) is 0.234. The smallest absolute Gasteiger partial charge is 0.286 e. The van der Waals surface area contributed by atoms with Gasteiger partial charge >= 0.3 is 0 Å². The molecule has 2 aliphatic carbocycles. The molecule has 12 nitrogen and oxygen atoms in total. The number of nitrogens with zero attached hydrogens (tertiary/aromatic N) is 4. The van der Waals surface area contributed by atoms with E-state index in [-0.39, 0.29) is 46.8 Å². The number of nitrogens with one attached hydrogen (secondary N) is 1. The van der Waals surface area contributed by atoms with Gasteiger partial charge in [0.15, 0.2) is 0 Å². The molecular formula is C41H53N5O7S. The van der Waals surface area contributed by atoms with Crippen molar-refractivity contribution in [3.05, 3.63) is 82.6 Å². The second-order valence-corrected chi connectivity index (χ2v) is 17.6. The zero-order valence-electron chi connectivity index (χ0n) is 32.0. The van der Waals surface area contributed by atoms with Gasteiger partial charge < -0.3 is 23.8 Å². The van der Waals surface area contributed by atoms with Crippen molar-refractivity contribution in [2.45, 2.75) is 63.9 Å². The highest BCUT2D eigenvalue weighted by molar-refractivity contribution is 7.92. The lowest BCUT2D eigenvalue weighted by molar-refractivity contribution is 0.0131. The zero-order valence-corrected chi connectivity index (χ0v) is 32.9. The molecule has 4 aliphatic rings. The Morgan fingerprint density at radius 1 is 1.15 bits per heavy atom. The number of rotatable bonds is 7. The minimum absolute atomic E-state index is 0.0414. The molecule has 2 amide bonds. The van der Waals surface area contributed by atoms with E-state index in [0.29, 0.717) is 37.2 Å². The van der Waals surface area contributed by atoms with Crippen LogP contribution in [0.25, 0.3) is 0 Å². The molecule has 0 radical (unpaired) electrons. The molecular weight excluding hydrogens is 707 g/mol. The first-order chi connectivity index (χ1) is 26.0. The predicted molar refractivity (Wildman–Crippen MR) is 208 cm³/mol. The molecule has 1 unspecified atom stereocenters. The SMILES string of the molecule is COCCOc1nn(C)cc1C(=O)NS1(=O)=NC(=O)c2ccc3c(c2)N(C[C@@H]2CC[C@H]2[C@@H](OC)/C=C/C[C@H](C)C1)C[C@@]1(CCCc2cc(C)ccc21)CO3. The molecule has 54 heavy (non-hydrogen) atoms. The van der Waals surface area contributed by atoms with Crippen molar-refractivity contribution in [2.24, 2.45) is 29.2 Å². The molecule has 2 aromatic carbocycles. The largest absolute Gasteiger partial charge is 0.490 e. The van der Waals surface area contributed by atoms with E-state index in [1.54, 1.807) is 27.3 Å². The van der Waals surface area contributed by atoms with Crippen LogP contribution in [0, 0.1) is 24.7 Å². The average Bonchev–Trinajstić information content (AvgIpc) is 3.43. The molecule has 2 aliphatic heterocycles. The number of anilines is 1. The van der Waals surface area contributed by atoms with E-state index in [1.165, 1.54) is 27.6 Å². The fourth-order valence-corrected chi connectivity index (χ4v) is 10.6. The highest BCUT2D eigenvalue weighted by Crippen LogP contribution is 2.47. The van der Waals surface area contributed by atoms with Gasteiger partial charge in [-0.25, -0.2) is 4.21 Å². The summed E-state index contributed by atoms with van der Waals surface area (Å²) < 4.78 is 46.6. The Morgan fingerprint density at radius 2 is 2.00 bits per heavy atom. The Labute approximate surface area is 318 Å². The number of methoxy groups -OCH3 is 2. The molecule has 0 saturated heterocycles. The number of fused-ring (bicyclic) bond motifs is 4. The van der Waals surface area contributed by atoms with Crippen LogP contribution in [0.2, 0.25) is 0 Å². The van der Waals surface area contributed by atoms with Crippen molar-refractivity contribution in [2.75, 3.05) is 57.8 Å². The topological polar surface area (TPSA) is 134 Å². The van der Waals surface area contributed by atoms with Gasteiger partial charge in [0.25, 0.3) is 11.8 Å². The molecule has 7 rings (SSSR count). The second kappa shape index (κ2) is 15.9. The fraction of sp³-hybridized carbons (Fsp3) is 0.537. The van der Waals surface area contributed by atoms with E-state index in [4.69, 9.17) is 18.9 Å². The predicted octanol–water partition coefficient (Wildman–Crippen LogP) is 5.82. The maximum atomic E-state index is 14.7. The summed E-state index contributed by atoms with van der Waals surface area (Å²) in [6.07, 6.45) is 11.5. The number of allylic oxidation sites excluding steroid dienone is 1.